The largest absolute Gasteiger partial charge is 0.252 e. The Morgan fingerprint density at radius 3 is 2.94 bits per heavy atom. The van der Waals surface area contributed by atoms with Crippen molar-refractivity contribution in [3.8, 4) is 11.4 Å². The van der Waals surface area contributed by atoms with Gasteiger partial charge < -0.3 is 0 Å². The van der Waals surface area contributed by atoms with Crippen molar-refractivity contribution < 1.29 is 4.39 Å². The molecular weight excluding hydrogens is 245 g/mol. The molecule has 0 atom stereocenters. The van der Waals surface area contributed by atoms with Crippen LogP contribution < -0.4 is 0 Å². The van der Waals surface area contributed by atoms with Gasteiger partial charge in [-0.15, -0.1) is 0 Å². The molecule has 5 nitrogen and oxygen atoms in total. The smallest absolute Gasteiger partial charge is 0.250 e. The van der Waals surface area contributed by atoms with Gasteiger partial charge in [0.15, 0.2) is 5.82 Å². The zero-order valence-electron chi connectivity index (χ0n) is 8.38. The second-order valence-electron chi connectivity index (χ2n) is 3.29. The Hall–Kier alpha value is -2.08. The lowest BCUT2D eigenvalue weighted by Crippen LogP contribution is -1.99. The first-order valence-corrected chi connectivity index (χ1v) is 5.09. The van der Waals surface area contributed by atoms with Crippen molar-refractivity contribution in [2.45, 2.75) is 0 Å². The van der Waals surface area contributed by atoms with E-state index in [1.807, 2.05) is 0 Å². The molecule has 0 bridgehead atoms. The molecule has 3 heterocycles. The number of nitrogens with zero attached hydrogens (tertiary/aromatic N) is 5. The van der Waals surface area contributed by atoms with Crippen LogP contribution in [0.4, 0.5) is 4.39 Å². The van der Waals surface area contributed by atoms with E-state index in [2.05, 4.69) is 20.1 Å². The molecule has 7 heteroatoms. The van der Waals surface area contributed by atoms with Gasteiger partial charge in [0.2, 0.25) is 0 Å². The van der Waals surface area contributed by atoms with Crippen LogP contribution in [-0.2, 0) is 0 Å². The van der Waals surface area contributed by atoms with Gasteiger partial charge in [-0.25, -0.2) is 14.4 Å². The monoisotopic (exact) mass is 249 g/mol. The zero-order chi connectivity index (χ0) is 11.8. The van der Waals surface area contributed by atoms with Gasteiger partial charge in [0.1, 0.15) is 12.0 Å². The van der Waals surface area contributed by atoms with E-state index in [1.165, 1.54) is 29.3 Å². The maximum absolute atomic E-state index is 13.7. The number of aromatic nitrogens is 5. The topological polar surface area (TPSA) is 56.0 Å². The fourth-order valence-electron chi connectivity index (χ4n) is 1.52. The molecule has 0 saturated heterocycles. The van der Waals surface area contributed by atoms with Crippen LogP contribution in [0, 0.1) is 5.82 Å². The summed E-state index contributed by atoms with van der Waals surface area (Å²) >= 11 is 5.65. The van der Waals surface area contributed by atoms with E-state index < -0.39 is 5.82 Å². The van der Waals surface area contributed by atoms with E-state index in [-0.39, 0.29) is 10.7 Å². The molecule has 0 aromatic carbocycles. The standard InChI is InChI=1S/C10H5ClFN5/c11-6-3-7(12)9(14-4-6)8-1-2-13-10-15-5-16-17(8)10/h1-5H. The van der Waals surface area contributed by atoms with Crippen LogP contribution in [0.25, 0.3) is 17.2 Å². The Morgan fingerprint density at radius 2 is 2.12 bits per heavy atom. The highest BCUT2D eigenvalue weighted by molar-refractivity contribution is 6.30. The SMILES string of the molecule is Fc1cc(Cl)cnc1-c1ccnc2ncnn12. The molecule has 0 aliphatic carbocycles. The number of hydrogen-bond donors (Lipinski definition) is 0. The van der Waals surface area contributed by atoms with Crippen LogP contribution in [0.15, 0.2) is 30.9 Å². The van der Waals surface area contributed by atoms with Gasteiger partial charge in [-0.2, -0.15) is 14.6 Å². The second-order valence-corrected chi connectivity index (χ2v) is 3.72. The van der Waals surface area contributed by atoms with Crippen LogP contribution in [-0.4, -0.2) is 24.6 Å². The lowest BCUT2D eigenvalue weighted by molar-refractivity contribution is 0.624. The average molecular weight is 250 g/mol. The Bertz CT molecular complexity index is 696. The van der Waals surface area contributed by atoms with Crippen LogP contribution in [0.3, 0.4) is 0 Å². The molecule has 0 radical (unpaired) electrons. The maximum atomic E-state index is 13.7. The highest BCUT2D eigenvalue weighted by Crippen LogP contribution is 2.21. The minimum absolute atomic E-state index is 0.160. The molecule has 84 valence electrons. The molecule has 3 rings (SSSR count). The maximum Gasteiger partial charge on any atom is 0.252 e. The molecule has 0 N–H and O–H groups in total. The quantitative estimate of drug-likeness (QED) is 0.662. The third-order valence-electron chi connectivity index (χ3n) is 2.23. The minimum Gasteiger partial charge on any atom is -0.250 e. The molecule has 0 fully saturated rings. The highest BCUT2D eigenvalue weighted by Gasteiger charge is 2.12. The molecule has 0 spiro atoms. The lowest BCUT2D eigenvalue weighted by atomic mass is 10.2. The molecule has 0 aliphatic rings. The Balaban J connectivity index is 2.30. The molecule has 3 aromatic heterocycles. The van der Waals surface area contributed by atoms with E-state index in [0.29, 0.717) is 11.5 Å². The first kappa shape index (κ1) is 10.1. The van der Waals surface area contributed by atoms with Gasteiger partial charge in [0, 0.05) is 12.4 Å². The normalized spacial score (nSPS) is 10.9. The summed E-state index contributed by atoms with van der Waals surface area (Å²) in [6.07, 6.45) is 4.25. The Morgan fingerprint density at radius 1 is 1.24 bits per heavy atom. The lowest BCUT2D eigenvalue weighted by Gasteiger charge is -2.04. The summed E-state index contributed by atoms with van der Waals surface area (Å²) in [4.78, 5) is 11.9. The number of hydrogen-bond acceptors (Lipinski definition) is 4. The number of pyridine rings is 1. The third kappa shape index (κ3) is 1.62. The van der Waals surface area contributed by atoms with Crippen LogP contribution in [0.2, 0.25) is 5.02 Å². The summed E-state index contributed by atoms with van der Waals surface area (Å²) < 4.78 is 15.2. The fourth-order valence-corrected chi connectivity index (χ4v) is 1.67. The van der Waals surface area contributed by atoms with Gasteiger partial charge >= 0.3 is 0 Å². The van der Waals surface area contributed by atoms with E-state index >= 15 is 0 Å². The van der Waals surface area contributed by atoms with Gasteiger partial charge in [0.05, 0.1) is 10.7 Å². The molecule has 0 saturated carbocycles. The van der Waals surface area contributed by atoms with Crippen LogP contribution >= 0.6 is 11.6 Å². The fraction of sp³-hybridized carbons (Fsp3) is 0. The van der Waals surface area contributed by atoms with Crippen molar-refractivity contribution in [2.24, 2.45) is 0 Å². The Kier molecular flexibility index (Phi) is 2.22. The van der Waals surface area contributed by atoms with Gasteiger partial charge in [0.25, 0.3) is 5.78 Å². The number of fused-ring (bicyclic) bond motifs is 1. The first-order chi connectivity index (χ1) is 8.25. The number of halogens is 2. The van der Waals surface area contributed by atoms with E-state index in [1.54, 1.807) is 6.07 Å². The van der Waals surface area contributed by atoms with Crippen molar-refractivity contribution in [2.75, 3.05) is 0 Å². The summed E-state index contributed by atoms with van der Waals surface area (Å²) in [5.41, 5.74) is 0.633. The predicted octanol–water partition coefficient (Wildman–Crippen LogP) is 1.98. The molecule has 0 aliphatic heterocycles. The summed E-state index contributed by atoms with van der Waals surface area (Å²) in [5.74, 6) is -0.126. The summed E-state index contributed by atoms with van der Waals surface area (Å²) in [6, 6.07) is 2.81. The number of rotatable bonds is 1. The second kappa shape index (κ2) is 3.74. The first-order valence-electron chi connectivity index (χ1n) is 4.72. The van der Waals surface area contributed by atoms with Crippen molar-refractivity contribution in [3.05, 3.63) is 41.7 Å². The molecule has 0 amide bonds. The Labute approximate surface area is 99.9 Å². The van der Waals surface area contributed by atoms with Crippen LogP contribution in [0.5, 0.6) is 0 Å². The van der Waals surface area contributed by atoms with Crippen molar-refractivity contribution in [1.82, 2.24) is 24.6 Å². The summed E-state index contributed by atoms with van der Waals surface area (Å²) in [6.45, 7) is 0. The van der Waals surface area contributed by atoms with Crippen molar-refractivity contribution >= 4 is 17.4 Å². The summed E-state index contributed by atoms with van der Waals surface area (Å²) in [7, 11) is 0. The highest BCUT2D eigenvalue weighted by atomic mass is 35.5. The van der Waals surface area contributed by atoms with Crippen molar-refractivity contribution in [1.29, 1.82) is 0 Å². The summed E-state index contributed by atoms with van der Waals surface area (Å²) in [5, 5.41) is 4.21. The van der Waals surface area contributed by atoms with E-state index in [4.69, 9.17) is 11.6 Å². The third-order valence-corrected chi connectivity index (χ3v) is 2.44. The molecule has 17 heavy (non-hydrogen) atoms. The van der Waals surface area contributed by atoms with Gasteiger partial charge in [-0.05, 0) is 12.1 Å². The molecule has 0 unspecified atom stereocenters. The molecule has 3 aromatic rings. The molecular formula is C10H5ClFN5. The van der Waals surface area contributed by atoms with E-state index in [9.17, 15) is 4.39 Å². The van der Waals surface area contributed by atoms with Crippen molar-refractivity contribution in [3.63, 3.8) is 0 Å². The van der Waals surface area contributed by atoms with Gasteiger partial charge in [-0.1, -0.05) is 11.6 Å². The van der Waals surface area contributed by atoms with E-state index in [0.717, 1.165) is 0 Å². The van der Waals surface area contributed by atoms with Crippen LogP contribution in [0.1, 0.15) is 0 Å². The average Bonchev–Trinajstić information content (AvgIpc) is 2.77. The predicted molar refractivity (Wildman–Crippen MR) is 59.0 cm³/mol. The minimum atomic E-state index is -0.513. The van der Waals surface area contributed by atoms with Gasteiger partial charge in [-0.3, -0.25) is 0 Å². The zero-order valence-corrected chi connectivity index (χ0v) is 9.13.